The molecule has 35 heavy (non-hydrogen) atoms. The molecule has 1 N–H and O–H groups in total. The number of nitriles is 2. The lowest BCUT2D eigenvalue weighted by Crippen LogP contribution is -2.14. The molecule has 1 amide bonds. The fourth-order valence-electron chi connectivity index (χ4n) is 3.37. The number of ether oxygens (including phenoxy) is 2. The third-order valence-electron chi connectivity index (χ3n) is 5.37. The van der Waals surface area contributed by atoms with E-state index in [1.807, 2.05) is 69.3 Å². The molecule has 3 aromatic rings. The summed E-state index contributed by atoms with van der Waals surface area (Å²) in [5.41, 5.74) is 4.60. The Morgan fingerprint density at radius 2 is 1.86 bits per heavy atom. The van der Waals surface area contributed by atoms with Crippen molar-refractivity contribution in [3.05, 3.63) is 91.6 Å². The predicted octanol–water partition coefficient (Wildman–Crippen LogP) is 6.30. The van der Waals surface area contributed by atoms with Crippen LogP contribution in [0.25, 0.3) is 6.08 Å². The molecular weight excluding hydrogens is 553 g/mol. The molecule has 0 unspecified atom stereocenters. The zero-order valence-corrected chi connectivity index (χ0v) is 21.8. The van der Waals surface area contributed by atoms with E-state index in [0.29, 0.717) is 34.9 Å². The second-order valence-electron chi connectivity index (χ2n) is 7.69. The quantitative estimate of drug-likeness (QED) is 0.193. The summed E-state index contributed by atoms with van der Waals surface area (Å²) in [5, 5.41) is 21.8. The van der Waals surface area contributed by atoms with Crippen LogP contribution in [0.15, 0.2) is 60.2 Å². The van der Waals surface area contributed by atoms with E-state index in [2.05, 4.69) is 34.0 Å². The lowest BCUT2D eigenvalue weighted by molar-refractivity contribution is -0.112. The number of halogens is 1. The van der Waals surface area contributed by atoms with E-state index < -0.39 is 5.91 Å². The predicted molar refractivity (Wildman–Crippen MR) is 144 cm³/mol. The molecule has 0 saturated heterocycles. The van der Waals surface area contributed by atoms with Gasteiger partial charge in [-0.05, 0) is 90.4 Å². The lowest BCUT2D eigenvalue weighted by Gasteiger charge is -2.15. The van der Waals surface area contributed by atoms with Gasteiger partial charge in [0.1, 0.15) is 18.2 Å². The van der Waals surface area contributed by atoms with Crippen LogP contribution in [-0.2, 0) is 11.4 Å². The Balaban J connectivity index is 1.88. The summed E-state index contributed by atoms with van der Waals surface area (Å²) in [4.78, 5) is 12.8. The standard InChI is InChI=1S/C28H24IN3O3/c1-4-34-26-14-20(12-23(16-31)28(33)32-25-11-7-8-18(2)19(25)3)13-24(29)27(26)35-17-22-10-6-5-9-21(22)15-30/h5-14H,4,17H2,1-3H3,(H,32,33)/b23-12+. The summed E-state index contributed by atoms with van der Waals surface area (Å²) >= 11 is 2.13. The Morgan fingerprint density at radius 3 is 2.57 bits per heavy atom. The van der Waals surface area contributed by atoms with Crippen LogP contribution in [0.3, 0.4) is 0 Å². The normalized spacial score (nSPS) is 10.7. The Labute approximate surface area is 218 Å². The van der Waals surface area contributed by atoms with E-state index in [-0.39, 0.29) is 12.2 Å². The van der Waals surface area contributed by atoms with Gasteiger partial charge >= 0.3 is 0 Å². The number of hydrogen-bond donors (Lipinski definition) is 1. The molecular formula is C28H24IN3O3. The number of rotatable bonds is 8. The number of hydrogen-bond acceptors (Lipinski definition) is 5. The van der Waals surface area contributed by atoms with Gasteiger partial charge in [0.2, 0.25) is 0 Å². The number of nitrogens with zero attached hydrogens (tertiary/aromatic N) is 2. The van der Waals surface area contributed by atoms with Crippen molar-refractivity contribution < 1.29 is 14.3 Å². The van der Waals surface area contributed by atoms with Gasteiger partial charge in [-0.15, -0.1) is 0 Å². The van der Waals surface area contributed by atoms with Crippen LogP contribution in [0, 0.1) is 40.1 Å². The first kappa shape index (κ1) is 25.8. The monoisotopic (exact) mass is 577 g/mol. The van der Waals surface area contributed by atoms with Gasteiger partial charge in [-0.1, -0.05) is 30.3 Å². The molecule has 0 spiro atoms. The first-order chi connectivity index (χ1) is 16.9. The molecule has 3 aromatic carbocycles. The van der Waals surface area contributed by atoms with Crippen molar-refractivity contribution in [2.75, 3.05) is 11.9 Å². The van der Waals surface area contributed by atoms with E-state index in [4.69, 9.17) is 9.47 Å². The van der Waals surface area contributed by atoms with Crippen molar-refractivity contribution in [1.29, 1.82) is 10.5 Å². The van der Waals surface area contributed by atoms with E-state index in [1.54, 1.807) is 12.1 Å². The van der Waals surface area contributed by atoms with Crippen molar-refractivity contribution in [2.45, 2.75) is 27.4 Å². The maximum absolute atomic E-state index is 12.8. The average Bonchev–Trinajstić information content (AvgIpc) is 2.85. The maximum atomic E-state index is 12.8. The average molecular weight is 577 g/mol. The van der Waals surface area contributed by atoms with Gasteiger partial charge in [0, 0.05) is 11.3 Å². The second-order valence-corrected chi connectivity index (χ2v) is 8.85. The van der Waals surface area contributed by atoms with Crippen LogP contribution in [0.5, 0.6) is 11.5 Å². The summed E-state index contributed by atoms with van der Waals surface area (Å²) < 4.78 is 12.6. The van der Waals surface area contributed by atoms with E-state index in [9.17, 15) is 15.3 Å². The summed E-state index contributed by atoms with van der Waals surface area (Å²) in [5.74, 6) is 0.547. The topological polar surface area (TPSA) is 95.1 Å². The molecule has 6 nitrogen and oxygen atoms in total. The molecule has 0 aliphatic heterocycles. The minimum absolute atomic E-state index is 0.0271. The summed E-state index contributed by atoms with van der Waals surface area (Å²) in [6.07, 6.45) is 1.53. The summed E-state index contributed by atoms with van der Waals surface area (Å²) in [6.45, 7) is 6.36. The molecule has 0 bridgehead atoms. The molecule has 3 rings (SSSR count). The van der Waals surface area contributed by atoms with E-state index in [1.165, 1.54) is 6.08 Å². The fraction of sp³-hybridized carbons (Fsp3) is 0.179. The molecule has 176 valence electrons. The molecule has 0 aliphatic carbocycles. The van der Waals surface area contributed by atoms with Crippen molar-refractivity contribution in [1.82, 2.24) is 0 Å². The summed E-state index contributed by atoms with van der Waals surface area (Å²) in [7, 11) is 0. The van der Waals surface area contributed by atoms with Crippen LogP contribution < -0.4 is 14.8 Å². The zero-order chi connectivity index (χ0) is 25.4. The van der Waals surface area contributed by atoms with Gasteiger partial charge in [-0.3, -0.25) is 4.79 Å². The Morgan fingerprint density at radius 1 is 1.09 bits per heavy atom. The van der Waals surface area contributed by atoms with Gasteiger partial charge in [-0.25, -0.2) is 0 Å². The highest BCUT2D eigenvalue weighted by atomic mass is 127. The van der Waals surface area contributed by atoms with Crippen LogP contribution >= 0.6 is 22.6 Å². The molecule has 0 saturated carbocycles. The highest BCUT2D eigenvalue weighted by molar-refractivity contribution is 14.1. The van der Waals surface area contributed by atoms with Crippen molar-refractivity contribution in [3.63, 3.8) is 0 Å². The van der Waals surface area contributed by atoms with E-state index >= 15 is 0 Å². The number of carbonyl (C=O) groups excluding carboxylic acids is 1. The van der Waals surface area contributed by atoms with Crippen molar-refractivity contribution in [3.8, 4) is 23.6 Å². The van der Waals surface area contributed by atoms with Crippen molar-refractivity contribution >= 4 is 40.3 Å². The molecule has 0 aliphatic rings. The number of aryl methyl sites for hydroxylation is 1. The van der Waals surface area contributed by atoms with E-state index in [0.717, 1.165) is 20.3 Å². The highest BCUT2D eigenvalue weighted by Crippen LogP contribution is 2.36. The van der Waals surface area contributed by atoms with Gasteiger partial charge < -0.3 is 14.8 Å². The second kappa shape index (κ2) is 12.0. The fourth-order valence-corrected chi connectivity index (χ4v) is 4.15. The minimum atomic E-state index is -0.484. The smallest absolute Gasteiger partial charge is 0.266 e. The largest absolute Gasteiger partial charge is 0.490 e. The van der Waals surface area contributed by atoms with Gasteiger partial charge in [0.15, 0.2) is 11.5 Å². The number of anilines is 1. The third kappa shape index (κ3) is 6.40. The minimum Gasteiger partial charge on any atom is -0.490 e. The third-order valence-corrected chi connectivity index (χ3v) is 6.17. The number of carbonyl (C=O) groups is 1. The Hall–Kier alpha value is -3.82. The molecule has 0 fully saturated rings. The van der Waals surface area contributed by atoms with Crippen LogP contribution in [0.4, 0.5) is 5.69 Å². The first-order valence-corrected chi connectivity index (χ1v) is 12.0. The SMILES string of the molecule is CCOc1cc(/C=C(\C#N)C(=O)Nc2cccc(C)c2C)cc(I)c1OCc1ccccc1C#N. The van der Waals surface area contributed by atoms with Gasteiger partial charge in [-0.2, -0.15) is 10.5 Å². The number of amides is 1. The zero-order valence-electron chi connectivity index (χ0n) is 19.7. The van der Waals surface area contributed by atoms with Gasteiger partial charge in [0.25, 0.3) is 5.91 Å². The van der Waals surface area contributed by atoms with Gasteiger partial charge in [0.05, 0.1) is 21.8 Å². The molecule has 0 radical (unpaired) electrons. The Kier molecular flexibility index (Phi) is 8.88. The molecule has 7 heteroatoms. The van der Waals surface area contributed by atoms with Crippen LogP contribution in [0.2, 0.25) is 0 Å². The van der Waals surface area contributed by atoms with Crippen LogP contribution in [0.1, 0.15) is 34.7 Å². The van der Waals surface area contributed by atoms with Crippen LogP contribution in [-0.4, -0.2) is 12.5 Å². The molecule has 0 heterocycles. The highest BCUT2D eigenvalue weighted by Gasteiger charge is 2.16. The van der Waals surface area contributed by atoms with Crippen molar-refractivity contribution in [2.24, 2.45) is 0 Å². The maximum Gasteiger partial charge on any atom is 0.266 e. The first-order valence-electron chi connectivity index (χ1n) is 10.9. The molecule has 0 atom stereocenters. The lowest BCUT2D eigenvalue weighted by atomic mass is 10.1. The Bertz CT molecular complexity index is 1370. The molecule has 0 aromatic heterocycles. The number of benzene rings is 3. The number of nitrogens with one attached hydrogen (secondary N) is 1. The summed E-state index contributed by atoms with van der Waals surface area (Å²) in [6, 6.07) is 20.6.